The molecule has 0 bridgehead atoms. The maximum absolute atomic E-state index is 6.00. The molecule has 1 aromatic rings. The maximum atomic E-state index is 6.00. The molecule has 0 aliphatic carbocycles. The Balaban J connectivity index is 2.59. The lowest BCUT2D eigenvalue weighted by Crippen LogP contribution is -2.12. The number of rotatable bonds is 3. The van der Waals surface area contributed by atoms with E-state index >= 15 is 0 Å². The zero-order valence-corrected chi connectivity index (χ0v) is 7.83. The van der Waals surface area contributed by atoms with Crippen LogP contribution in [0.5, 0.6) is 0 Å². The Morgan fingerprint density at radius 2 is 1.75 bits per heavy atom. The number of hydrogen-bond acceptors (Lipinski definition) is 1. The number of nitrogens with two attached hydrogens (primary N) is 1. The molecule has 0 aromatic heterocycles. The second kappa shape index (κ2) is 4.27. The molecule has 66 valence electrons. The molecule has 1 nitrogen and oxygen atoms in total. The van der Waals surface area contributed by atoms with Crippen molar-refractivity contribution in [2.75, 3.05) is 0 Å². The van der Waals surface area contributed by atoms with Crippen LogP contribution in [-0.2, 0) is 0 Å². The van der Waals surface area contributed by atoms with Crippen LogP contribution in [0.25, 0.3) is 0 Å². The SMILES string of the molecule is CC(C)C[C@H](N)c1ccccc1. The molecule has 0 heterocycles. The summed E-state index contributed by atoms with van der Waals surface area (Å²) in [6, 6.07) is 10.5. The van der Waals surface area contributed by atoms with Gasteiger partial charge < -0.3 is 5.73 Å². The van der Waals surface area contributed by atoms with E-state index in [-0.39, 0.29) is 6.04 Å². The minimum Gasteiger partial charge on any atom is -0.324 e. The standard InChI is InChI=1S/C11H17N/c1-9(2)8-11(12)10-6-4-3-5-7-10/h3-7,9,11H,8,12H2,1-2H3/t11-/m0/s1. The zero-order valence-electron chi connectivity index (χ0n) is 7.83. The predicted octanol–water partition coefficient (Wildman–Crippen LogP) is 2.73. The van der Waals surface area contributed by atoms with Gasteiger partial charge in [-0.25, -0.2) is 0 Å². The first-order valence-electron chi connectivity index (χ1n) is 4.50. The number of hydrogen-bond donors (Lipinski definition) is 1. The minimum absolute atomic E-state index is 0.200. The van der Waals surface area contributed by atoms with Crippen molar-refractivity contribution in [3.05, 3.63) is 35.9 Å². The summed E-state index contributed by atoms with van der Waals surface area (Å²) < 4.78 is 0. The van der Waals surface area contributed by atoms with Gasteiger partial charge in [0.15, 0.2) is 0 Å². The normalized spacial score (nSPS) is 13.3. The maximum Gasteiger partial charge on any atom is 0.0297 e. The summed E-state index contributed by atoms with van der Waals surface area (Å²) >= 11 is 0. The lowest BCUT2D eigenvalue weighted by molar-refractivity contribution is 0.510. The molecule has 0 saturated carbocycles. The molecular formula is C11H17N. The van der Waals surface area contributed by atoms with Crippen LogP contribution in [0.2, 0.25) is 0 Å². The number of benzene rings is 1. The van der Waals surface area contributed by atoms with Crippen LogP contribution in [-0.4, -0.2) is 0 Å². The summed E-state index contributed by atoms with van der Waals surface area (Å²) in [7, 11) is 0. The lowest BCUT2D eigenvalue weighted by Gasteiger charge is -2.13. The zero-order chi connectivity index (χ0) is 8.97. The van der Waals surface area contributed by atoms with Crippen molar-refractivity contribution in [2.24, 2.45) is 11.7 Å². The van der Waals surface area contributed by atoms with Gasteiger partial charge in [0.1, 0.15) is 0 Å². The Labute approximate surface area is 74.6 Å². The Morgan fingerprint density at radius 3 is 2.25 bits per heavy atom. The van der Waals surface area contributed by atoms with Crippen molar-refractivity contribution in [3.8, 4) is 0 Å². The minimum atomic E-state index is 0.200. The van der Waals surface area contributed by atoms with E-state index in [4.69, 9.17) is 5.73 Å². The van der Waals surface area contributed by atoms with Crippen LogP contribution in [0.15, 0.2) is 30.3 Å². The van der Waals surface area contributed by atoms with E-state index in [9.17, 15) is 0 Å². The van der Waals surface area contributed by atoms with Crippen molar-refractivity contribution in [1.29, 1.82) is 0 Å². The van der Waals surface area contributed by atoms with Crippen LogP contribution in [0.1, 0.15) is 31.9 Å². The molecule has 1 atom stereocenters. The van der Waals surface area contributed by atoms with Crippen molar-refractivity contribution in [2.45, 2.75) is 26.3 Å². The Hall–Kier alpha value is -0.820. The smallest absolute Gasteiger partial charge is 0.0297 e. The third kappa shape index (κ3) is 2.67. The van der Waals surface area contributed by atoms with Gasteiger partial charge in [-0.2, -0.15) is 0 Å². The van der Waals surface area contributed by atoms with E-state index in [1.807, 2.05) is 18.2 Å². The quantitative estimate of drug-likeness (QED) is 0.728. The van der Waals surface area contributed by atoms with Gasteiger partial charge in [0.2, 0.25) is 0 Å². The summed E-state index contributed by atoms with van der Waals surface area (Å²) in [5, 5.41) is 0. The first-order valence-corrected chi connectivity index (χ1v) is 4.50. The lowest BCUT2D eigenvalue weighted by atomic mass is 9.98. The second-order valence-electron chi connectivity index (χ2n) is 3.65. The van der Waals surface area contributed by atoms with Gasteiger partial charge in [-0.1, -0.05) is 44.2 Å². The van der Waals surface area contributed by atoms with Crippen LogP contribution in [0, 0.1) is 5.92 Å². The molecule has 1 rings (SSSR count). The molecule has 0 aliphatic heterocycles. The van der Waals surface area contributed by atoms with Gasteiger partial charge in [-0.15, -0.1) is 0 Å². The monoisotopic (exact) mass is 163 g/mol. The molecule has 0 aliphatic rings. The van der Waals surface area contributed by atoms with Gasteiger partial charge in [0.25, 0.3) is 0 Å². The fraction of sp³-hybridized carbons (Fsp3) is 0.455. The molecule has 0 saturated heterocycles. The molecule has 0 radical (unpaired) electrons. The third-order valence-corrected chi connectivity index (χ3v) is 1.95. The highest BCUT2D eigenvalue weighted by Gasteiger charge is 2.06. The summed E-state index contributed by atoms with van der Waals surface area (Å²) in [5.74, 6) is 0.667. The van der Waals surface area contributed by atoms with E-state index in [2.05, 4.69) is 26.0 Å². The first-order chi connectivity index (χ1) is 5.70. The molecular weight excluding hydrogens is 146 g/mol. The van der Waals surface area contributed by atoms with Gasteiger partial charge >= 0.3 is 0 Å². The summed E-state index contributed by atoms with van der Waals surface area (Å²) in [6.07, 6.45) is 1.06. The highest BCUT2D eigenvalue weighted by Crippen LogP contribution is 2.17. The molecule has 0 amide bonds. The summed E-state index contributed by atoms with van der Waals surface area (Å²) in [5.41, 5.74) is 7.24. The van der Waals surface area contributed by atoms with Crippen molar-refractivity contribution < 1.29 is 0 Å². The average molecular weight is 163 g/mol. The van der Waals surface area contributed by atoms with Crippen LogP contribution in [0.3, 0.4) is 0 Å². The van der Waals surface area contributed by atoms with Gasteiger partial charge in [-0.3, -0.25) is 0 Å². The fourth-order valence-corrected chi connectivity index (χ4v) is 1.34. The predicted molar refractivity (Wildman–Crippen MR) is 52.8 cm³/mol. The average Bonchev–Trinajstić information content (AvgIpc) is 2.05. The van der Waals surface area contributed by atoms with Gasteiger partial charge in [0, 0.05) is 6.04 Å². The van der Waals surface area contributed by atoms with Crippen molar-refractivity contribution in [3.63, 3.8) is 0 Å². The van der Waals surface area contributed by atoms with Crippen molar-refractivity contribution in [1.82, 2.24) is 0 Å². The summed E-state index contributed by atoms with van der Waals surface area (Å²) in [6.45, 7) is 4.39. The third-order valence-electron chi connectivity index (χ3n) is 1.95. The first kappa shape index (κ1) is 9.27. The van der Waals surface area contributed by atoms with Crippen LogP contribution >= 0.6 is 0 Å². The van der Waals surface area contributed by atoms with Crippen LogP contribution < -0.4 is 5.73 Å². The molecule has 0 spiro atoms. The molecule has 1 heteroatoms. The Morgan fingerprint density at radius 1 is 1.17 bits per heavy atom. The molecule has 0 fully saturated rings. The van der Waals surface area contributed by atoms with Crippen LogP contribution in [0.4, 0.5) is 0 Å². The molecule has 0 unspecified atom stereocenters. The van der Waals surface area contributed by atoms with E-state index in [0.29, 0.717) is 5.92 Å². The Kier molecular flexibility index (Phi) is 3.30. The van der Waals surface area contributed by atoms with E-state index in [0.717, 1.165) is 6.42 Å². The Bertz CT molecular complexity index is 216. The van der Waals surface area contributed by atoms with E-state index in [1.165, 1.54) is 5.56 Å². The largest absolute Gasteiger partial charge is 0.324 e. The van der Waals surface area contributed by atoms with Gasteiger partial charge in [-0.05, 0) is 17.9 Å². The van der Waals surface area contributed by atoms with E-state index < -0.39 is 0 Å². The highest BCUT2D eigenvalue weighted by atomic mass is 14.6. The van der Waals surface area contributed by atoms with E-state index in [1.54, 1.807) is 0 Å². The summed E-state index contributed by atoms with van der Waals surface area (Å²) in [4.78, 5) is 0. The topological polar surface area (TPSA) is 26.0 Å². The molecule has 1 aromatic carbocycles. The molecule has 12 heavy (non-hydrogen) atoms. The second-order valence-corrected chi connectivity index (χ2v) is 3.65. The fourth-order valence-electron chi connectivity index (χ4n) is 1.34. The van der Waals surface area contributed by atoms with Gasteiger partial charge in [0.05, 0.1) is 0 Å². The molecule has 2 N–H and O–H groups in total. The highest BCUT2D eigenvalue weighted by molar-refractivity contribution is 5.18. The van der Waals surface area contributed by atoms with Crippen molar-refractivity contribution >= 4 is 0 Å².